The third-order valence-electron chi connectivity index (χ3n) is 3.63. The van der Waals surface area contributed by atoms with Crippen LogP contribution in [0.25, 0.3) is 11.1 Å². The second-order valence-electron chi connectivity index (χ2n) is 4.78. The fourth-order valence-electron chi connectivity index (χ4n) is 2.70. The minimum absolute atomic E-state index is 0.00519. The van der Waals surface area contributed by atoms with Crippen LogP contribution in [0.1, 0.15) is 18.2 Å². The summed E-state index contributed by atoms with van der Waals surface area (Å²) in [4.78, 5) is 12.1. The maximum Gasteiger partial charge on any atom is 0.272 e. The standard InChI is InChI=1S/C14H17N3O/c1-10-13(11-5-3-2-4-6-11)14(18)16-17(10)12-7-8-15-9-12/h2-6,12,15H,7-9H2,1H3,(H,16,18). The molecule has 1 aliphatic heterocycles. The quantitative estimate of drug-likeness (QED) is 0.843. The van der Waals surface area contributed by atoms with Crippen LogP contribution in [0.2, 0.25) is 0 Å². The molecule has 1 saturated heterocycles. The van der Waals surface area contributed by atoms with Crippen molar-refractivity contribution < 1.29 is 0 Å². The number of nitrogens with zero attached hydrogens (tertiary/aromatic N) is 1. The first-order chi connectivity index (χ1) is 8.77. The molecule has 0 radical (unpaired) electrons. The topological polar surface area (TPSA) is 49.8 Å². The number of benzene rings is 1. The average Bonchev–Trinajstić information content (AvgIpc) is 2.99. The lowest BCUT2D eigenvalue weighted by molar-refractivity contribution is 0.477. The number of aromatic nitrogens is 2. The van der Waals surface area contributed by atoms with Crippen molar-refractivity contribution >= 4 is 0 Å². The summed E-state index contributed by atoms with van der Waals surface area (Å²) in [7, 11) is 0. The van der Waals surface area contributed by atoms with E-state index in [2.05, 4.69) is 10.4 Å². The first kappa shape index (κ1) is 11.3. The van der Waals surface area contributed by atoms with Gasteiger partial charge in [-0.05, 0) is 25.5 Å². The summed E-state index contributed by atoms with van der Waals surface area (Å²) < 4.78 is 2.02. The maximum atomic E-state index is 12.1. The number of rotatable bonds is 2. The van der Waals surface area contributed by atoms with Crippen molar-refractivity contribution in [2.24, 2.45) is 0 Å². The van der Waals surface area contributed by atoms with E-state index < -0.39 is 0 Å². The molecular weight excluding hydrogens is 226 g/mol. The van der Waals surface area contributed by atoms with E-state index in [1.807, 2.05) is 41.9 Å². The largest absolute Gasteiger partial charge is 0.315 e. The van der Waals surface area contributed by atoms with Crippen LogP contribution in [0.15, 0.2) is 35.1 Å². The molecule has 0 saturated carbocycles. The Hall–Kier alpha value is -1.81. The lowest BCUT2D eigenvalue weighted by Crippen LogP contribution is -2.17. The van der Waals surface area contributed by atoms with Gasteiger partial charge in [-0.2, -0.15) is 0 Å². The van der Waals surface area contributed by atoms with E-state index in [0.29, 0.717) is 6.04 Å². The summed E-state index contributed by atoms with van der Waals surface area (Å²) in [6.45, 7) is 3.96. The minimum Gasteiger partial charge on any atom is -0.315 e. The van der Waals surface area contributed by atoms with Gasteiger partial charge in [-0.15, -0.1) is 0 Å². The van der Waals surface area contributed by atoms with Crippen molar-refractivity contribution in [3.63, 3.8) is 0 Å². The Labute approximate surface area is 106 Å². The second-order valence-corrected chi connectivity index (χ2v) is 4.78. The van der Waals surface area contributed by atoms with Gasteiger partial charge in [0.25, 0.3) is 5.56 Å². The monoisotopic (exact) mass is 243 g/mol. The molecule has 1 atom stereocenters. The molecule has 0 spiro atoms. The lowest BCUT2D eigenvalue weighted by atomic mass is 10.1. The third-order valence-corrected chi connectivity index (χ3v) is 3.63. The molecule has 2 N–H and O–H groups in total. The molecule has 0 aliphatic carbocycles. The molecule has 1 unspecified atom stereocenters. The van der Waals surface area contributed by atoms with E-state index in [1.54, 1.807) is 0 Å². The Morgan fingerprint density at radius 1 is 1.28 bits per heavy atom. The fourth-order valence-corrected chi connectivity index (χ4v) is 2.70. The van der Waals surface area contributed by atoms with Gasteiger partial charge in [0.2, 0.25) is 0 Å². The van der Waals surface area contributed by atoms with Crippen LogP contribution in [-0.2, 0) is 0 Å². The molecule has 18 heavy (non-hydrogen) atoms. The van der Waals surface area contributed by atoms with Crippen LogP contribution in [-0.4, -0.2) is 22.9 Å². The predicted molar refractivity (Wildman–Crippen MR) is 71.7 cm³/mol. The highest BCUT2D eigenvalue weighted by Crippen LogP contribution is 2.23. The van der Waals surface area contributed by atoms with Crippen LogP contribution < -0.4 is 10.9 Å². The van der Waals surface area contributed by atoms with Crippen molar-refractivity contribution in [3.8, 4) is 11.1 Å². The summed E-state index contributed by atoms with van der Waals surface area (Å²) in [6, 6.07) is 10.2. The third kappa shape index (κ3) is 1.78. The number of hydrogen-bond acceptors (Lipinski definition) is 2. The first-order valence-electron chi connectivity index (χ1n) is 6.34. The van der Waals surface area contributed by atoms with Gasteiger partial charge in [0.05, 0.1) is 11.6 Å². The number of H-pyrrole nitrogens is 1. The average molecular weight is 243 g/mol. The van der Waals surface area contributed by atoms with Gasteiger partial charge in [-0.3, -0.25) is 14.6 Å². The Bertz CT molecular complexity index is 591. The second kappa shape index (κ2) is 4.46. The van der Waals surface area contributed by atoms with Crippen molar-refractivity contribution in [2.45, 2.75) is 19.4 Å². The van der Waals surface area contributed by atoms with E-state index in [4.69, 9.17) is 0 Å². The van der Waals surface area contributed by atoms with E-state index >= 15 is 0 Å². The molecule has 1 fully saturated rings. The molecular formula is C14H17N3O. The molecule has 0 amide bonds. The molecule has 4 nitrogen and oxygen atoms in total. The Morgan fingerprint density at radius 3 is 2.72 bits per heavy atom. The molecule has 3 rings (SSSR count). The van der Waals surface area contributed by atoms with Crippen LogP contribution in [0.3, 0.4) is 0 Å². The molecule has 1 aromatic heterocycles. The van der Waals surface area contributed by atoms with Gasteiger partial charge in [0.15, 0.2) is 0 Å². The highest BCUT2D eigenvalue weighted by Gasteiger charge is 2.21. The van der Waals surface area contributed by atoms with E-state index in [0.717, 1.165) is 36.3 Å². The molecule has 2 aromatic rings. The summed E-state index contributed by atoms with van der Waals surface area (Å²) in [6.07, 6.45) is 1.07. The molecule has 0 bridgehead atoms. The summed E-state index contributed by atoms with van der Waals surface area (Å²) in [5, 5.41) is 6.30. The molecule has 94 valence electrons. The Kier molecular flexibility index (Phi) is 2.80. The van der Waals surface area contributed by atoms with Gasteiger partial charge in [0, 0.05) is 12.2 Å². The van der Waals surface area contributed by atoms with E-state index in [-0.39, 0.29) is 5.56 Å². The van der Waals surface area contributed by atoms with Gasteiger partial charge in [0.1, 0.15) is 0 Å². The van der Waals surface area contributed by atoms with Gasteiger partial charge >= 0.3 is 0 Å². The van der Waals surface area contributed by atoms with Gasteiger partial charge in [-0.1, -0.05) is 30.3 Å². The molecule has 4 heteroatoms. The zero-order valence-corrected chi connectivity index (χ0v) is 10.4. The van der Waals surface area contributed by atoms with E-state index in [1.165, 1.54) is 0 Å². The van der Waals surface area contributed by atoms with Crippen LogP contribution in [0, 0.1) is 6.92 Å². The van der Waals surface area contributed by atoms with Gasteiger partial charge < -0.3 is 5.32 Å². The highest BCUT2D eigenvalue weighted by molar-refractivity contribution is 5.64. The SMILES string of the molecule is Cc1c(-c2ccccc2)c(=O)[nH]n1C1CCNC1. The zero-order chi connectivity index (χ0) is 12.5. The van der Waals surface area contributed by atoms with Crippen LogP contribution in [0.4, 0.5) is 0 Å². The predicted octanol–water partition coefficient (Wildman–Crippen LogP) is 1.69. The minimum atomic E-state index is 0.00519. The summed E-state index contributed by atoms with van der Waals surface area (Å²) in [5.74, 6) is 0. The zero-order valence-electron chi connectivity index (χ0n) is 10.4. The summed E-state index contributed by atoms with van der Waals surface area (Å²) >= 11 is 0. The van der Waals surface area contributed by atoms with E-state index in [9.17, 15) is 4.79 Å². The van der Waals surface area contributed by atoms with Crippen LogP contribution >= 0.6 is 0 Å². The molecule has 2 heterocycles. The van der Waals surface area contributed by atoms with Crippen molar-refractivity contribution in [3.05, 3.63) is 46.4 Å². The van der Waals surface area contributed by atoms with Crippen LogP contribution in [0.5, 0.6) is 0 Å². The normalized spacial score (nSPS) is 19.3. The number of nitrogens with one attached hydrogen (secondary N) is 2. The van der Waals surface area contributed by atoms with Gasteiger partial charge in [-0.25, -0.2) is 0 Å². The molecule has 1 aliphatic rings. The fraction of sp³-hybridized carbons (Fsp3) is 0.357. The number of hydrogen-bond donors (Lipinski definition) is 2. The maximum absolute atomic E-state index is 12.1. The summed E-state index contributed by atoms with van der Waals surface area (Å²) in [5.41, 5.74) is 2.81. The first-order valence-corrected chi connectivity index (χ1v) is 6.34. The number of aromatic amines is 1. The molecule has 1 aromatic carbocycles. The van der Waals surface area contributed by atoms with Crippen molar-refractivity contribution in [1.29, 1.82) is 0 Å². The lowest BCUT2D eigenvalue weighted by Gasteiger charge is -2.12. The highest BCUT2D eigenvalue weighted by atomic mass is 16.1. The Balaban J connectivity index is 2.09. The Morgan fingerprint density at radius 2 is 2.06 bits per heavy atom. The van der Waals surface area contributed by atoms with Crippen molar-refractivity contribution in [2.75, 3.05) is 13.1 Å². The smallest absolute Gasteiger partial charge is 0.272 e. The van der Waals surface area contributed by atoms with Crippen molar-refractivity contribution in [1.82, 2.24) is 15.1 Å².